The zero-order valence-electron chi connectivity index (χ0n) is 14.9. The summed E-state index contributed by atoms with van der Waals surface area (Å²) >= 11 is 0. The molecule has 0 bridgehead atoms. The molecular weight excluding hydrogens is 351 g/mol. The Balaban J connectivity index is 1.33. The third kappa shape index (κ3) is 4.54. The van der Waals surface area contributed by atoms with Crippen molar-refractivity contribution in [3.8, 4) is 11.3 Å². The van der Waals surface area contributed by atoms with E-state index in [1.165, 1.54) is 12.1 Å². The van der Waals surface area contributed by atoms with Gasteiger partial charge in [0.15, 0.2) is 5.76 Å². The molecule has 2 N–H and O–H groups in total. The molecule has 7 heteroatoms. The van der Waals surface area contributed by atoms with Gasteiger partial charge in [0, 0.05) is 30.5 Å². The molecule has 0 radical (unpaired) electrons. The predicted molar refractivity (Wildman–Crippen MR) is 95.2 cm³/mol. The summed E-state index contributed by atoms with van der Waals surface area (Å²) in [4.78, 5) is 11.8. The first-order valence-corrected chi connectivity index (χ1v) is 9.41. The fourth-order valence-corrected chi connectivity index (χ4v) is 3.37. The molecule has 1 aromatic heterocycles. The van der Waals surface area contributed by atoms with Crippen molar-refractivity contribution in [3.05, 3.63) is 41.8 Å². The lowest BCUT2D eigenvalue weighted by molar-refractivity contribution is -0.130. The lowest BCUT2D eigenvalue weighted by Crippen LogP contribution is -2.46. The molecular formula is C20H23FN2O4. The van der Waals surface area contributed by atoms with Crippen LogP contribution in [0.2, 0.25) is 0 Å². The Morgan fingerprint density at radius 1 is 1.22 bits per heavy atom. The van der Waals surface area contributed by atoms with Gasteiger partial charge in [0.05, 0.1) is 17.9 Å². The highest BCUT2D eigenvalue weighted by Gasteiger charge is 2.33. The van der Waals surface area contributed by atoms with Gasteiger partial charge in [-0.2, -0.15) is 0 Å². The van der Waals surface area contributed by atoms with E-state index in [1.54, 1.807) is 12.1 Å². The van der Waals surface area contributed by atoms with Crippen LogP contribution in [0.25, 0.3) is 11.3 Å². The largest absolute Gasteiger partial charge is 0.390 e. The number of carbonyl (C=O) groups is 1. The van der Waals surface area contributed by atoms with Crippen LogP contribution in [0.5, 0.6) is 0 Å². The fraction of sp³-hybridized carbons (Fsp3) is 0.500. The average Bonchev–Trinajstić information content (AvgIpc) is 3.42. The highest BCUT2D eigenvalue weighted by atomic mass is 19.1. The highest BCUT2D eigenvalue weighted by Crippen LogP contribution is 2.29. The van der Waals surface area contributed by atoms with Gasteiger partial charge in [0.2, 0.25) is 5.91 Å². The van der Waals surface area contributed by atoms with Crippen molar-refractivity contribution >= 4 is 5.91 Å². The Bertz CT molecular complexity index is 788. The molecule has 27 heavy (non-hydrogen) atoms. The molecule has 2 aromatic rings. The first-order valence-electron chi connectivity index (χ1n) is 9.41. The van der Waals surface area contributed by atoms with E-state index in [0.29, 0.717) is 31.6 Å². The molecule has 1 aromatic carbocycles. The smallest absolute Gasteiger partial charge is 0.223 e. The Morgan fingerprint density at radius 3 is 2.74 bits per heavy atom. The van der Waals surface area contributed by atoms with Gasteiger partial charge in [-0.25, -0.2) is 4.39 Å². The van der Waals surface area contributed by atoms with Crippen LogP contribution in [0.3, 0.4) is 0 Å². The van der Waals surface area contributed by atoms with E-state index in [1.807, 2.05) is 6.07 Å². The van der Waals surface area contributed by atoms with Crippen molar-refractivity contribution in [1.82, 2.24) is 10.5 Å². The van der Waals surface area contributed by atoms with E-state index in [2.05, 4.69) is 10.5 Å². The molecule has 0 unspecified atom stereocenters. The minimum Gasteiger partial charge on any atom is -0.390 e. The summed E-state index contributed by atoms with van der Waals surface area (Å²) in [6.07, 6.45) is 2.72. The van der Waals surface area contributed by atoms with Crippen LogP contribution in [-0.2, 0) is 16.0 Å². The first kappa shape index (κ1) is 18.1. The Hall–Kier alpha value is -2.25. The number of carbonyl (C=O) groups excluding carboxylic acids is 1. The second kappa shape index (κ2) is 7.78. The zero-order chi connectivity index (χ0) is 18.8. The maximum atomic E-state index is 13.0. The number of nitrogens with zero attached hydrogens (tertiary/aromatic N) is 1. The molecule has 2 heterocycles. The highest BCUT2D eigenvalue weighted by molar-refractivity contribution is 5.80. The topological polar surface area (TPSA) is 84.6 Å². The Labute approximate surface area is 156 Å². The number of nitrogens with one attached hydrogen (secondary N) is 1. The number of aliphatic hydroxyl groups excluding tert-OH is 1. The van der Waals surface area contributed by atoms with Gasteiger partial charge in [-0.1, -0.05) is 5.16 Å². The van der Waals surface area contributed by atoms with E-state index < -0.39 is 12.2 Å². The molecule has 2 fully saturated rings. The molecule has 1 aliphatic heterocycles. The van der Waals surface area contributed by atoms with E-state index in [-0.39, 0.29) is 23.7 Å². The van der Waals surface area contributed by atoms with Crippen molar-refractivity contribution in [3.63, 3.8) is 0 Å². The predicted octanol–water partition coefficient (Wildman–Crippen LogP) is 2.46. The van der Waals surface area contributed by atoms with Gasteiger partial charge in [-0.3, -0.25) is 4.79 Å². The summed E-state index contributed by atoms with van der Waals surface area (Å²) in [7, 11) is 0. The number of amides is 1. The Morgan fingerprint density at radius 2 is 2.00 bits per heavy atom. The average molecular weight is 374 g/mol. The number of halogens is 1. The monoisotopic (exact) mass is 374 g/mol. The zero-order valence-corrected chi connectivity index (χ0v) is 14.9. The first-order chi connectivity index (χ1) is 13.1. The van der Waals surface area contributed by atoms with Gasteiger partial charge in [0.25, 0.3) is 0 Å². The van der Waals surface area contributed by atoms with Crippen molar-refractivity contribution in [2.24, 2.45) is 5.92 Å². The molecule has 3 atom stereocenters. The second-order valence-electron chi connectivity index (χ2n) is 7.35. The summed E-state index contributed by atoms with van der Waals surface area (Å²) in [6.45, 7) is 0.326. The van der Waals surface area contributed by atoms with Crippen molar-refractivity contribution < 1.29 is 23.6 Å². The third-order valence-electron chi connectivity index (χ3n) is 5.13. The maximum absolute atomic E-state index is 13.0. The molecule has 1 aliphatic carbocycles. The van der Waals surface area contributed by atoms with Crippen LogP contribution in [0.4, 0.5) is 4.39 Å². The van der Waals surface area contributed by atoms with Crippen LogP contribution in [-0.4, -0.2) is 41.0 Å². The van der Waals surface area contributed by atoms with Gasteiger partial charge in [0.1, 0.15) is 11.9 Å². The minimum absolute atomic E-state index is 0.0494. The lowest BCUT2D eigenvalue weighted by Gasteiger charge is -2.33. The van der Waals surface area contributed by atoms with Crippen LogP contribution < -0.4 is 5.32 Å². The molecule has 4 rings (SSSR count). The molecule has 2 aliphatic rings. The number of aromatic nitrogens is 1. The number of rotatable bonds is 6. The van der Waals surface area contributed by atoms with Crippen molar-refractivity contribution in [2.45, 2.75) is 50.4 Å². The second-order valence-corrected chi connectivity index (χ2v) is 7.35. The van der Waals surface area contributed by atoms with Crippen LogP contribution in [0.1, 0.15) is 31.4 Å². The number of aliphatic hydroxyl groups is 1. The van der Waals surface area contributed by atoms with Gasteiger partial charge >= 0.3 is 0 Å². The fourth-order valence-electron chi connectivity index (χ4n) is 3.37. The standard InChI is InChI=1S/C20H23FN2O4/c21-14-5-3-12(4-6-14)18-10-15(23-27-18)9-16-7-8-17(24)19(26-16)11-22-20(25)13-1-2-13/h3-6,10,13,16-17,19,24H,1-2,7-9,11H2,(H,22,25)/t16-,17-,19+/m0/s1. The summed E-state index contributed by atoms with van der Waals surface area (Å²) in [5, 5.41) is 17.1. The summed E-state index contributed by atoms with van der Waals surface area (Å²) in [5.74, 6) is 0.469. The molecule has 144 valence electrons. The summed E-state index contributed by atoms with van der Waals surface area (Å²) in [6, 6.07) is 7.87. The van der Waals surface area contributed by atoms with E-state index in [0.717, 1.165) is 24.1 Å². The van der Waals surface area contributed by atoms with Crippen molar-refractivity contribution in [1.29, 1.82) is 0 Å². The molecule has 6 nitrogen and oxygen atoms in total. The van der Waals surface area contributed by atoms with E-state index in [9.17, 15) is 14.3 Å². The summed E-state index contributed by atoms with van der Waals surface area (Å²) < 4.78 is 24.4. The number of benzene rings is 1. The lowest BCUT2D eigenvalue weighted by atomic mass is 9.98. The van der Waals surface area contributed by atoms with Crippen LogP contribution >= 0.6 is 0 Å². The quantitative estimate of drug-likeness (QED) is 0.811. The van der Waals surface area contributed by atoms with Gasteiger partial charge in [-0.15, -0.1) is 0 Å². The van der Waals surface area contributed by atoms with E-state index >= 15 is 0 Å². The van der Waals surface area contributed by atoms with Crippen LogP contribution in [0.15, 0.2) is 34.9 Å². The Kier molecular flexibility index (Phi) is 5.22. The van der Waals surface area contributed by atoms with Crippen LogP contribution in [0, 0.1) is 11.7 Å². The molecule has 0 spiro atoms. The van der Waals surface area contributed by atoms with Crippen molar-refractivity contribution in [2.75, 3.05) is 6.54 Å². The molecule has 1 saturated heterocycles. The van der Waals surface area contributed by atoms with Gasteiger partial charge < -0.3 is 19.7 Å². The minimum atomic E-state index is -0.576. The van der Waals surface area contributed by atoms with E-state index in [4.69, 9.17) is 9.26 Å². The number of hydrogen-bond donors (Lipinski definition) is 2. The SMILES string of the molecule is O=C(NC[C@H]1O[C@H](Cc2cc(-c3ccc(F)cc3)on2)CC[C@@H]1O)C1CC1. The number of ether oxygens (including phenoxy) is 1. The third-order valence-corrected chi connectivity index (χ3v) is 5.13. The normalized spacial score (nSPS) is 25.3. The summed E-state index contributed by atoms with van der Waals surface area (Å²) in [5.41, 5.74) is 1.51. The maximum Gasteiger partial charge on any atom is 0.223 e. The number of hydrogen-bond acceptors (Lipinski definition) is 5. The molecule has 1 saturated carbocycles. The molecule has 1 amide bonds. The van der Waals surface area contributed by atoms with Gasteiger partial charge in [-0.05, 0) is 49.9 Å².